The number of amides is 2. The molecule has 0 bridgehead atoms. The van der Waals surface area contributed by atoms with Crippen molar-refractivity contribution in [3.63, 3.8) is 0 Å². The Bertz CT molecular complexity index is 1120. The van der Waals surface area contributed by atoms with Crippen LogP contribution in [0.2, 0.25) is 0 Å². The summed E-state index contributed by atoms with van der Waals surface area (Å²) in [6.07, 6.45) is 1.65. The number of aryl methyl sites for hydroxylation is 2. The molecule has 0 saturated carbocycles. The third kappa shape index (κ3) is 5.52. The summed E-state index contributed by atoms with van der Waals surface area (Å²) in [6, 6.07) is 14.3. The molecule has 1 heterocycles. The Labute approximate surface area is 185 Å². The molecule has 6 nitrogen and oxygen atoms in total. The standard InChI is InChI=1S/C24H24N2O4S/c1-15-7-9-19(16(2)12-15)25-24(28)20(14-18-6-5-11-31-18)26-23(27)17-8-10-21(29-3)22(13-17)30-4/h5-14H,1-4H3,(H,25,28)(H,26,27)/b20-14-. The summed E-state index contributed by atoms with van der Waals surface area (Å²) in [5.74, 6) is 0.105. The quantitative estimate of drug-likeness (QED) is 0.522. The molecule has 0 aliphatic heterocycles. The normalized spacial score (nSPS) is 11.0. The van der Waals surface area contributed by atoms with Crippen LogP contribution < -0.4 is 20.1 Å². The van der Waals surface area contributed by atoms with Crippen molar-refractivity contribution in [2.45, 2.75) is 13.8 Å². The van der Waals surface area contributed by atoms with Crippen LogP contribution in [0.1, 0.15) is 26.4 Å². The van der Waals surface area contributed by atoms with Gasteiger partial charge in [-0.1, -0.05) is 23.8 Å². The van der Waals surface area contributed by atoms with Crippen LogP contribution in [0.4, 0.5) is 5.69 Å². The average Bonchev–Trinajstić information content (AvgIpc) is 3.27. The number of nitrogens with one attached hydrogen (secondary N) is 2. The number of carbonyl (C=O) groups is 2. The topological polar surface area (TPSA) is 76.7 Å². The first-order valence-corrected chi connectivity index (χ1v) is 10.5. The van der Waals surface area contributed by atoms with Gasteiger partial charge in [0.25, 0.3) is 11.8 Å². The predicted octanol–water partition coefficient (Wildman–Crippen LogP) is 4.79. The molecule has 3 rings (SSSR count). The van der Waals surface area contributed by atoms with Gasteiger partial charge in [0.05, 0.1) is 14.2 Å². The summed E-state index contributed by atoms with van der Waals surface area (Å²) in [6.45, 7) is 3.91. The number of hydrogen-bond acceptors (Lipinski definition) is 5. The second-order valence-corrected chi connectivity index (χ2v) is 7.85. The highest BCUT2D eigenvalue weighted by molar-refractivity contribution is 7.10. The monoisotopic (exact) mass is 436 g/mol. The van der Waals surface area contributed by atoms with E-state index in [0.29, 0.717) is 22.7 Å². The Kier molecular flexibility index (Phi) is 7.10. The molecule has 0 fully saturated rings. The lowest BCUT2D eigenvalue weighted by Gasteiger charge is -2.14. The van der Waals surface area contributed by atoms with Crippen LogP contribution in [0.15, 0.2) is 59.6 Å². The summed E-state index contributed by atoms with van der Waals surface area (Å²) >= 11 is 1.47. The van der Waals surface area contributed by atoms with Gasteiger partial charge in [-0.3, -0.25) is 9.59 Å². The predicted molar refractivity (Wildman–Crippen MR) is 124 cm³/mol. The zero-order valence-corrected chi connectivity index (χ0v) is 18.6. The van der Waals surface area contributed by atoms with Crippen molar-refractivity contribution in [1.29, 1.82) is 0 Å². The second-order valence-electron chi connectivity index (χ2n) is 6.87. The second kappa shape index (κ2) is 9.95. The number of thiophene rings is 1. The molecule has 3 aromatic rings. The average molecular weight is 437 g/mol. The summed E-state index contributed by atoms with van der Waals surface area (Å²) < 4.78 is 10.5. The van der Waals surface area contributed by atoms with Gasteiger partial charge in [-0.25, -0.2) is 0 Å². The van der Waals surface area contributed by atoms with Crippen LogP contribution in [0.25, 0.3) is 6.08 Å². The van der Waals surface area contributed by atoms with E-state index >= 15 is 0 Å². The molecule has 0 saturated heterocycles. The molecule has 0 unspecified atom stereocenters. The van der Waals surface area contributed by atoms with Crippen LogP contribution in [0.5, 0.6) is 11.5 Å². The maximum absolute atomic E-state index is 13.0. The number of hydrogen-bond donors (Lipinski definition) is 2. The molecule has 160 valence electrons. The first kappa shape index (κ1) is 22.1. The summed E-state index contributed by atoms with van der Waals surface area (Å²) in [4.78, 5) is 26.8. The fourth-order valence-corrected chi connectivity index (χ4v) is 3.65. The highest BCUT2D eigenvalue weighted by Gasteiger charge is 2.17. The molecule has 7 heteroatoms. The van der Waals surface area contributed by atoms with Gasteiger partial charge in [-0.05, 0) is 61.2 Å². The first-order valence-electron chi connectivity index (χ1n) is 9.58. The van der Waals surface area contributed by atoms with Gasteiger partial charge in [0, 0.05) is 16.1 Å². The fourth-order valence-electron chi connectivity index (χ4n) is 2.99. The molecule has 2 amide bonds. The zero-order valence-electron chi connectivity index (χ0n) is 17.8. The molecule has 0 aliphatic carbocycles. The number of anilines is 1. The number of methoxy groups -OCH3 is 2. The molecular weight excluding hydrogens is 412 g/mol. The number of benzene rings is 2. The minimum Gasteiger partial charge on any atom is -0.493 e. The van der Waals surface area contributed by atoms with Crippen LogP contribution >= 0.6 is 11.3 Å². The van der Waals surface area contributed by atoms with Gasteiger partial charge < -0.3 is 20.1 Å². The van der Waals surface area contributed by atoms with E-state index in [1.165, 1.54) is 25.6 Å². The molecule has 0 aliphatic rings. The lowest BCUT2D eigenvalue weighted by atomic mass is 10.1. The van der Waals surface area contributed by atoms with E-state index in [1.807, 2.05) is 49.6 Å². The number of ether oxygens (including phenoxy) is 2. The van der Waals surface area contributed by atoms with Crippen molar-refractivity contribution in [2.24, 2.45) is 0 Å². The van der Waals surface area contributed by atoms with E-state index in [1.54, 1.807) is 24.3 Å². The van der Waals surface area contributed by atoms with E-state index < -0.39 is 11.8 Å². The first-order chi connectivity index (χ1) is 14.9. The lowest BCUT2D eigenvalue weighted by molar-refractivity contribution is -0.113. The SMILES string of the molecule is COc1ccc(C(=O)N/C(=C\c2cccs2)C(=O)Nc2ccc(C)cc2C)cc1OC. The molecule has 1 aromatic heterocycles. The van der Waals surface area contributed by atoms with Crippen molar-refractivity contribution < 1.29 is 19.1 Å². The van der Waals surface area contributed by atoms with Gasteiger partial charge in [0.2, 0.25) is 0 Å². The van der Waals surface area contributed by atoms with Crippen LogP contribution in [0.3, 0.4) is 0 Å². The summed E-state index contributed by atoms with van der Waals surface area (Å²) in [5.41, 5.74) is 3.21. The van der Waals surface area contributed by atoms with Crippen LogP contribution in [-0.2, 0) is 4.79 Å². The molecule has 31 heavy (non-hydrogen) atoms. The Morgan fingerprint density at radius 1 is 0.968 bits per heavy atom. The van der Waals surface area contributed by atoms with Crippen molar-refractivity contribution in [1.82, 2.24) is 5.32 Å². The van der Waals surface area contributed by atoms with Crippen molar-refractivity contribution in [3.05, 3.63) is 81.2 Å². The van der Waals surface area contributed by atoms with E-state index in [4.69, 9.17) is 9.47 Å². The maximum Gasteiger partial charge on any atom is 0.272 e. The molecule has 0 atom stereocenters. The number of carbonyl (C=O) groups excluding carboxylic acids is 2. The van der Waals surface area contributed by atoms with Gasteiger partial charge in [-0.2, -0.15) is 0 Å². The third-order valence-electron chi connectivity index (χ3n) is 4.60. The highest BCUT2D eigenvalue weighted by Crippen LogP contribution is 2.27. The fraction of sp³-hybridized carbons (Fsp3) is 0.167. The third-order valence-corrected chi connectivity index (χ3v) is 5.42. The minimum atomic E-state index is -0.431. The van der Waals surface area contributed by atoms with E-state index in [0.717, 1.165) is 16.0 Å². The highest BCUT2D eigenvalue weighted by atomic mass is 32.1. The molecular formula is C24H24N2O4S. The largest absolute Gasteiger partial charge is 0.493 e. The Hall–Kier alpha value is -3.58. The lowest BCUT2D eigenvalue weighted by Crippen LogP contribution is -2.30. The van der Waals surface area contributed by atoms with E-state index in [2.05, 4.69) is 10.6 Å². The van der Waals surface area contributed by atoms with Gasteiger partial charge in [0.1, 0.15) is 5.70 Å². The van der Waals surface area contributed by atoms with Crippen molar-refractivity contribution in [2.75, 3.05) is 19.5 Å². The van der Waals surface area contributed by atoms with Gasteiger partial charge in [0.15, 0.2) is 11.5 Å². The molecule has 0 spiro atoms. The maximum atomic E-state index is 13.0. The summed E-state index contributed by atoms with van der Waals surface area (Å²) in [7, 11) is 3.02. The Morgan fingerprint density at radius 3 is 2.39 bits per heavy atom. The Balaban J connectivity index is 1.87. The van der Waals surface area contributed by atoms with Gasteiger partial charge >= 0.3 is 0 Å². The molecule has 2 aromatic carbocycles. The van der Waals surface area contributed by atoms with E-state index in [-0.39, 0.29) is 5.70 Å². The van der Waals surface area contributed by atoms with Crippen LogP contribution in [0, 0.1) is 13.8 Å². The van der Waals surface area contributed by atoms with Crippen molar-refractivity contribution >= 4 is 34.9 Å². The van der Waals surface area contributed by atoms with Crippen molar-refractivity contribution in [3.8, 4) is 11.5 Å². The van der Waals surface area contributed by atoms with E-state index in [9.17, 15) is 9.59 Å². The number of rotatable bonds is 7. The zero-order chi connectivity index (χ0) is 22.4. The van der Waals surface area contributed by atoms with Crippen LogP contribution in [-0.4, -0.2) is 26.0 Å². The molecule has 0 radical (unpaired) electrons. The van der Waals surface area contributed by atoms with Gasteiger partial charge in [-0.15, -0.1) is 11.3 Å². The minimum absolute atomic E-state index is 0.141. The summed E-state index contributed by atoms with van der Waals surface area (Å²) in [5, 5.41) is 7.52. The Morgan fingerprint density at radius 2 is 1.74 bits per heavy atom. The molecule has 2 N–H and O–H groups in total. The smallest absolute Gasteiger partial charge is 0.272 e.